The van der Waals surface area contributed by atoms with Gasteiger partial charge in [-0.15, -0.1) is 0 Å². The highest BCUT2D eigenvalue weighted by atomic mass is 16.5. The number of carbonyl (C=O) groups is 1. The summed E-state index contributed by atoms with van der Waals surface area (Å²) in [6.07, 6.45) is 0. The van der Waals surface area contributed by atoms with Crippen LogP contribution in [-0.2, 0) is 16.1 Å². The zero-order valence-electron chi connectivity index (χ0n) is 11.0. The van der Waals surface area contributed by atoms with E-state index in [9.17, 15) is 9.59 Å². The lowest BCUT2D eigenvalue weighted by Crippen LogP contribution is -2.27. The number of benzene rings is 1. The summed E-state index contributed by atoms with van der Waals surface area (Å²) < 4.78 is 7.79. The van der Waals surface area contributed by atoms with E-state index >= 15 is 0 Å². The van der Waals surface area contributed by atoms with Gasteiger partial charge in [0, 0.05) is 5.70 Å². The number of hydrogen-bond acceptors (Lipinski definition) is 3. The molecular weight excluding hydrogens is 244 g/mol. The van der Waals surface area contributed by atoms with Gasteiger partial charge in [-0.05, 0) is 26.0 Å². The first-order valence-corrected chi connectivity index (χ1v) is 6.08. The van der Waals surface area contributed by atoms with Crippen LogP contribution in [0.15, 0.2) is 35.6 Å². The van der Waals surface area contributed by atoms with Crippen LogP contribution in [0.4, 0.5) is 0 Å². The Hall–Kier alpha value is -2.30. The number of para-hydroxylation sites is 2. The van der Waals surface area contributed by atoms with Gasteiger partial charge in [-0.3, -0.25) is 13.9 Å². The molecule has 0 unspecified atom stereocenters. The molecule has 0 atom stereocenters. The third-order valence-electron chi connectivity index (χ3n) is 2.81. The molecule has 100 valence electrons. The maximum Gasteiger partial charge on any atom is 0.333 e. The number of fused-ring (bicyclic) bond motifs is 1. The highest BCUT2D eigenvalue weighted by Gasteiger charge is 2.15. The molecule has 1 heterocycles. The van der Waals surface area contributed by atoms with E-state index in [2.05, 4.69) is 6.58 Å². The minimum atomic E-state index is -0.422. The van der Waals surface area contributed by atoms with Gasteiger partial charge < -0.3 is 4.74 Å². The van der Waals surface area contributed by atoms with Crippen molar-refractivity contribution in [2.45, 2.75) is 20.4 Å². The van der Waals surface area contributed by atoms with Crippen molar-refractivity contribution in [3.8, 4) is 0 Å². The van der Waals surface area contributed by atoms with Crippen LogP contribution in [0.5, 0.6) is 0 Å². The van der Waals surface area contributed by atoms with E-state index in [4.69, 9.17) is 4.74 Å². The summed E-state index contributed by atoms with van der Waals surface area (Å²) in [6.45, 7) is 7.49. The van der Waals surface area contributed by atoms with Gasteiger partial charge in [-0.1, -0.05) is 18.7 Å². The van der Waals surface area contributed by atoms with Gasteiger partial charge in [-0.25, -0.2) is 4.79 Å². The van der Waals surface area contributed by atoms with Crippen molar-refractivity contribution in [2.75, 3.05) is 6.61 Å². The molecule has 0 aliphatic rings. The molecule has 0 saturated heterocycles. The van der Waals surface area contributed by atoms with Crippen molar-refractivity contribution >= 4 is 22.7 Å². The molecule has 0 spiro atoms. The summed E-state index contributed by atoms with van der Waals surface area (Å²) in [5.41, 5.74) is 1.78. The van der Waals surface area contributed by atoms with E-state index in [1.54, 1.807) is 19.9 Å². The molecule has 0 saturated carbocycles. The zero-order valence-corrected chi connectivity index (χ0v) is 11.0. The van der Waals surface area contributed by atoms with Crippen LogP contribution < -0.4 is 5.69 Å². The van der Waals surface area contributed by atoms with Crippen molar-refractivity contribution in [1.29, 1.82) is 0 Å². The second kappa shape index (κ2) is 5.14. The average Bonchev–Trinajstić information content (AvgIpc) is 2.63. The first kappa shape index (κ1) is 13.1. The van der Waals surface area contributed by atoms with Crippen LogP contribution in [0.2, 0.25) is 0 Å². The summed E-state index contributed by atoms with van der Waals surface area (Å²) in [7, 11) is 0. The van der Waals surface area contributed by atoms with Crippen molar-refractivity contribution in [1.82, 2.24) is 9.13 Å². The minimum absolute atomic E-state index is 0.0898. The molecule has 0 fully saturated rings. The molecule has 5 heteroatoms. The van der Waals surface area contributed by atoms with E-state index in [-0.39, 0.29) is 12.2 Å². The summed E-state index contributed by atoms with van der Waals surface area (Å²) in [5.74, 6) is -0.422. The Kier molecular flexibility index (Phi) is 3.55. The number of aromatic nitrogens is 2. The summed E-state index contributed by atoms with van der Waals surface area (Å²) in [6, 6.07) is 7.30. The van der Waals surface area contributed by atoms with E-state index < -0.39 is 5.97 Å². The van der Waals surface area contributed by atoms with Gasteiger partial charge in [0.05, 0.1) is 17.6 Å². The molecule has 1 aromatic carbocycles. The lowest BCUT2D eigenvalue weighted by molar-refractivity contribution is -0.143. The highest BCUT2D eigenvalue weighted by molar-refractivity contribution is 5.81. The monoisotopic (exact) mass is 260 g/mol. The first-order valence-electron chi connectivity index (χ1n) is 6.08. The number of allylic oxidation sites excluding steroid dienone is 1. The Morgan fingerprint density at radius 1 is 1.32 bits per heavy atom. The fourth-order valence-corrected chi connectivity index (χ4v) is 2.07. The SMILES string of the molecule is C=C(C)n1c(=O)n(CC(=O)OCC)c2ccccc21. The van der Waals surface area contributed by atoms with Crippen LogP contribution in [-0.4, -0.2) is 21.7 Å². The largest absolute Gasteiger partial charge is 0.465 e. The van der Waals surface area contributed by atoms with Gasteiger partial charge in [0.25, 0.3) is 0 Å². The molecule has 0 radical (unpaired) electrons. The second-order valence-electron chi connectivity index (χ2n) is 4.23. The van der Waals surface area contributed by atoms with E-state index in [1.807, 2.05) is 18.2 Å². The smallest absolute Gasteiger partial charge is 0.333 e. The standard InChI is InChI=1S/C14H16N2O3/c1-4-19-13(17)9-15-11-7-5-6-8-12(11)16(10(2)3)14(15)18/h5-8H,2,4,9H2,1,3H3. The fraction of sp³-hybridized carbons (Fsp3) is 0.286. The number of hydrogen-bond donors (Lipinski definition) is 0. The molecule has 0 bridgehead atoms. The van der Waals surface area contributed by atoms with Crippen molar-refractivity contribution in [3.63, 3.8) is 0 Å². The Morgan fingerprint density at radius 3 is 2.53 bits per heavy atom. The highest BCUT2D eigenvalue weighted by Crippen LogP contribution is 2.15. The topological polar surface area (TPSA) is 53.2 Å². The predicted molar refractivity (Wildman–Crippen MR) is 73.8 cm³/mol. The third kappa shape index (κ3) is 2.31. The number of imidazole rings is 1. The van der Waals surface area contributed by atoms with Gasteiger partial charge >= 0.3 is 11.7 Å². The predicted octanol–water partition coefficient (Wildman–Crippen LogP) is 1.86. The summed E-state index contributed by atoms with van der Waals surface area (Å²) >= 11 is 0. The average molecular weight is 260 g/mol. The van der Waals surface area contributed by atoms with Gasteiger partial charge in [-0.2, -0.15) is 0 Å². The van der Waals surface area contributed by atoms with Crippen LogP contribution in [0.1, 0.15) is 13.8 Å². The summed E-state index contributed by atoms with van der Waals surface area (Å²) in [4.78, 5) is 23.9. The van der Waals surface area contributed by atoms with Crippen LogP contribution >= 0.6 is 0 Å². The second-order valence-corrected chi connectivity index (χ2v) is 4.23. The molecule has 0 aliphatic heterocycles. The van der Waals surface area contributed by atoms with Gasteiger partial charge in [0.1, 0.15) is 6.54 Å². The number of ether oxygens (including phenoxy) is 1. The number of carbonyl (C=O) groups excluding carboxylic acids is 1. The Bertz CT molecular complexity index is 694. The molecule has 0 N–H and O–H groups in total. The lowest BCUT2D eigenvalue weighted by Gasteiger charge is -2.02. The number of nitrogens with zero attached hydrogens (tertiary/aromatic N) is 2. The molecule has 2 aromatic rings. The third-order valence-corrected chi connectivity index (χ3v) is 2.81. The number of esters is 1. The molecular formula is C14H16N2O3. The normalized spacial score (nSPS) is 10.6. The molecule has 0 aliphatic carbocycles. The quantitative estimate of drug-likeness (QED) is 0.788. The maximum atomic E-state index is 12.3. The van der Waals surface area contributed by atoms with Crippen molar-refractivity contribution in [2.24, 2.45) is 0 Å². The fourth-order valence-electron chi connectivity index (χ4n) is 2.07. The van der Waals surface area contributed by atoms with E-state index in [0.717, 1.165) is 5.52 Å². The van der Waals surface area contributed by atoms with Gasteiger partial charge in [0.15, 0.2) is 0 Å². The molecule has 2 rings (SSSR count). The van der Waals surface area contributed by atoms with Crippen LogP contribution in [0.3, 0.4) is 0 Å². The van der Waals surface area contributed by atoms with Crippen LogP contribution in [0.25, 0.3) is 16.7 Å². The van der Waals surface area contributed by atoms with Crippen molar-refractivity contribution in [3.05, 3.63) is 41.3 Å². The van der Waals surface area contributed by atoms with Gasteiger partial charge in [0.2, 0.25) is 0 Å². The minimum Gasteiger partial charge on any atom is -0.465 e. The number of rotatable bonds is 4. The summed E-state index contributed by atoms with van der Waals surface area (Å²) in [5, 5.41) is 0. The zero-order chi connectivity index (χ0) is 14.0. The van der Waals surface area contributed by atoms with E-state index in [0.29, 0.717) is 17.8 Å². The molecule has 19 heavy (non-hydrogen) atoms. The van der Waals surface area contributed by atoms with Crippen LogP contribution in [0, 0.1) is 0 Å². The molecule has 0 amide bonds. The molecule has 5 nitrogen and oxygen atoms in total. The lowest BCUT2D eigenvalue weighted by atomic mass is 10.3. The van der Waals surface area contributed by atoms with E-state index in [1.165, 1.54) is 9.13 Å². The first-order chi connectivity index (χ1) is 9.06. The Balaban J connectivity index is 2.61. The Morgan fingerprint density at radius 2 is 1.95 bits per heavy atom. The van der Waals surface area contributed by atoms with Crippen molar-refractivity contribution < 1.29 is 9.53 Å². The molecule has 1 aromatic heterocycles. The maximum absolute atomic E-state index is 12.3. The Labute approximate surface area is 110 Å².